The molecule has 2 heterocycles. The quantitative estimate of drug-likeness (QED) is 0.609. The number of piperazine rings is 1. The van der Waals surface area contributed by atoms with Gasteiger partial charge in [-0.2, -0.15) is 0 Å². The Hall–Kier alpha value is -2.15. The standard InChI is InChI=1S/C12H16N4O3/c1-7-4-10(17)8(5-15-7)12(19)16-3-2-14-6-9(16)11(13)18/h4-5,9,14H,2-3,6H2,1H3,(H2,13,18)(H,15,17). The number of aryl methyl sites for hydroxylation is 1. The zero-order valence-corrected chi connectivity index (χ0v) is 10.6. The van der Waals surface area contributed by atoms with Gasteiger partial charge in [0.2, 0.25) is 5.91 Å². The van der Waals surface area contributed by atoms with Crippen LogP contribution >= 0.6 is 0 Å². The molecule has 19 heavy (non-hydrogen) atoms. The second-order valence-corrected chi connectivity index (χ2v) is 4.51. The third kappa shape index (κ3) is 2.65. The lowest BCUT2D eigenvalue weighted by Gasteiger charge is -2.34. The monoisotopic (exact) mass is 264 g/mol. The van der Waals surface area contributed by atoms with Gasteiger partial charge in [0.15, 0.2) is 5.43 Å². The molecule has 7 heteroatoms. The van der Waals surface area contributed by atoms with Gasteiger partial charge in [-0.15, -0.1) is 0 Å². The number of pyridine rings is 1. The third-order valence-corrected chi connectivity index (χ3v) is 3.12. The highest BCUT2D eigenvalue weighted by Gasteiger charge is 2.32. The number of primary amides is 1. The van der Waals surface area contributed by atoms with Crippen molar-refractivity contribution in [2.24, 2.45) is 5.73 Å². The van der Waals surface area contributed by atoms with Crippen LogP contribution in [0.25, 0.3) is 0 Å². The fourth-order valence-electron chi connectivity index (χ4n) is 2.10. The molecule has 1 aromatic rings. The van der Waals surface area contributed by atoms with Crippen molar-refractivity contribution in [3.8, 4) is 0 Å². The van der Waals surface area contributed by atoms with Crippen LogP contribution in [0, 0.1) is 6.92 Å². The predicted octanol–water partition coefficient (Wildman–Crippen LogP) is -1.42. The first-order valence-corrected chi connectivity index (χ1v) is 6.01. The summed E-state index contributed by atoms with van der Waals surface area (Å²) in [4.78, 5) is 39.6. The minimum Gasteiger partial charge on any atom is -0.368 e. The number of carbonyl (C=O) groups excluding carboxylic acids is 2. The van der Waals surface area contributed by atoms with Gasteiger partial charge < -0.3 is 20.9 Å². The number of nitrogens with zero attached hydrogens (tertiary/aromatic N) is 1. The Balaban J connectivity index is 2.31. The molecule has 1 saturated heterocycles. The smallest absolute Gasteiger partial charge is 0.260 e. The lowest BCUT2D eigenvalue weighted by atomic mass is 10.1. The Morgan fingerprint density at radius 2 is 2.21 bits per heavy atom. The summed E-state index contributed by atoms with van der Waals surface area (Å²) >= 11 is 0. The molecule has 0 aliphatic carbocycles. The maximum atomic E-state index is 12.3. The zero-order chi connectivity index (χ0) is 14.0. The van der Waals surface area contributed by atoms with Crippen LogP contribution in [0.2, 0.25) is 0 Å². The van der Waals surface area contributed by atoms with E-state index in [0.717, 1.165) is 0 Å². The number of aromatic nitrogens is 1. The fourth-order valence-corrected chi connectivity index (χ4v) is 2.10. The van der Waals surface area contributed by atoms with Crippen molar-refractivity contribution in [1.82, 2.24) is 15.2 Å². The van der Waals surface area contributed by atoms with Gasteiger partial charge in [0, 0.05) is 37.6 Å². The van der Waals surface area contributed by atoms with Crippen LogP contribution in [-0.4, -0.2) is 47.4 Å². The lowest BCUT2D eigenvalue weighted by molar-refractivity contribution is -0.122. The molecule has 2 amide bonds. The molecule has 1 unspecified atom stereocenters. The normalized spacial score (nSPS) is 19.2. The molecule has 1 aliphatic heterocycles. The molecule has 7 nitrogen and oxygen atoms in total. The maximum Gasteiger partial charge on any atom is 0.260 e. The van der Waals surface area contributed by atoms with Gasteiger partial charge in [-0.05, 0) is 6.92 Å². The summed E-state index contributed by atoms with van der Waals surface area (Å²) in [6.07, 6.45) is 1.38. The summed E-state index contributed by atoms with van der Waals surface area (Å²) in [5, 5.41) is 3.00. The van der Waals surface area contributed by atoms with E-state index in [2.05, 4.69) is 10.3 Å². The summed E-state index contributed by atoms with van der Waals surface area (Å²) in [6, 6.07) is 0.635. The molecule has 1 aromatic heterocycles. The molecule has 0 bridgehead atoms. The highest BCUT2D eigenvalue weighted by atomic mass is 16.2. The number of H-pyrrole nitrogens is 1. The molecule has 2 rings (SSSR count). The highest BCUT2D eigenvalue weighted by molar-refractivity contribution is 5.97. The summed E-state index contributed by atoms with van der Waals surface area (Å²) in [5.41, 5.74) is 5.62. The van der Waals surface area contributed by atoms with Crippen LogP contribution in [0.4, 0.5) is 0 Å². The van der Waals surface area contributed by atoms with Crippen LogP contribution in [0.5, 0.6) is 0 Å². The maximum absolute atomic E-state index is 12.3. The third-order valence-electron chi connectivity index (χ3n) is 3.12. The average molecular weight is 264 g/mol. The summed E-state index contributed by atoms with van der Waals surface area (Å²) in [7, 11) is 0. The van der Waals surface area contributed by atoms with E-state index < -0.39 is 17.9 Å². The molecular weight excluding hydrogens is 248 g/mol. The SMILES string of the molecule is Cc1cc(=O)c(C(=O)N2CCNCC2C(N)=O)c[nH]1. The molecule has 1 atom stereocenters. The van der Waals surface area contributed by atoms with Gasteiger partial charge in [0.1, 0.15) is 11.6 Å². The van der Waals surface area contributed by atoms with E-state index in [1.165, 1.54) is 17.2 Å². The minimum atomic E-state index is -0.720. The number of nitrogens with two attached hydrogens (primary N) is 1. The Kier molecular flexibility index (Phi) is 3.66. The van der Waals surface area contributed by atoms with Crippen LogP contribution in [0.1, 0.15) is 16.1 Å². The van der Waals surface area contributed by atoms with Gasteiger partial charge in [-0.25, -0.2) is 0 Å². The Morgan fingerprint density at radius 1 is 1.47 bits per heavy atom. The number of amides is 2. The number of carbonyl (C=O) groups is 2. The Labute approximate surface area is 109 Å². The van der Waals surface area contributed by atoms with Gasteiger partial charge in [0.05, 0.1) is 0 Å². The van der Waals surface area contributed by atoms with Crippen molar-refractivity contribution in [3.63, 3.8) is 0 Å². The first kappa shape index (κ1) is 13.3. The van der Waals surface area contributed by atoms with E-state index in [1.54, 1.807) is 6.92 Å². The second-order valence-electron chi connectivity index (χ2n) is 4.51. The van der Waals surface area contributed by atoms with Crippen molar-refractivity contribution >= 4 is 11.8 Å². The molecular formula is C12H16N4O3. The van der Waals surface area contributed by atoms with Crippen molar-refractivity contribution in [2.45, 2.75) is 13.0 Å². The molecule has 4 N–H and O–H groups in total. The largest absolute Gasteiger partial charge is 0.368 e. The number of hydrogen-bond donors (Lipinski definition) is 3. The summed E-state index contributed by atoms with van der Waals surface area (Å²) in [6.45, 7) is 2.95. The van der Waals surface area contributed by atoms with E-state index in [0.29, 0.717) is 25.3 Å². The van der Waals surface area contributed by atoms with Crippen molar-refractivity contribution in [1.29, 1.82) is 0 Å². The molecule has 0 saturated carbocycles. The second kappa shape index (κ2) is 5.23. The van der Waals surface area contributed by atoms with Crippen molar-refractivity contribution in [2.75, 3.05) is 19.6 Å². The van der Waals surface area contributed by atoms with Crippen LogP contribution in [0.3, 0.4) is 0 Å². The van der Waals surface area contributed by atoms with Crippen molar-refractivity contribution < 1.29 is 9.59 Å². The average Bonchev–Trinajstić information content (AvgIpc) is 2.38. The minimum absolute atomic E-state index is 0.0266. The summed E-state index contributed by atoms with van der Waals surface area (Å²) < 4.78 is 0. The van der Waals surface area contributed by atoms with E-state index in [9.17, 15) is 14.4 Å². The van der Waals surface area contributed by atoms with E-state index in [-0.39, 0.29) is 11.0 Å². The van der Waals surface area contributed by atoms with Gasteiger partial charge in [-0.3, -0.25) is 14.4 Å². The number of nitrogens with one attached hydrogen (secondary N) is 2. The molecule has 1 fully saturated rings. The van der Waals surface area contributed by atoms with Gasteiger partial charge >= 0.3 is 0 Å². The number of rotatable bonds is 2. The van der Waals surface area contributed by atoms with Crippen LogP contribution in [-0.2, 0) is 4.79 Å². The number of aromatic amines is 1. The van der Waals surface area contributed by atoms with E-state index >= 15 is 0 Å². The van der Waals surface area contributed by atoms with E-state index in [1.807, 2.05) is 0 Å². The number of hydrogen-bond acceptors (Lipinski definition) is 4. The topological polar surface area (TPSA) is 108 Å². The Bertz CT molecular complexity index is 566. The van der Waals surface area contributed by atoms with Gasteiger partial charge in [0.25, 0.3) is 5.91 Å². The zero-order valence-electron chi connectivity index (χ0n) is 10.6. The van der Waals surface area contributed by atoms with Crippen LogP contribution in [0.15, 0.2) is 17.1 Å². The van der Waals surface area contributed by atoms with E-state index in [4.69, 9.17) is 5.73 Å². The highest BCUT2D eigenvalue weighted by Crippen LogP contribution is 2.08. The first-order chi connectivity index (χ1) is 9.00. The Morgan fingerprint density at radius 3 is 2.84 bits per heavy atom. The summed E-state index contributed by atoms with van der Waals surface area (Å²) in [5.74, 6) is -1.05. The molecule has 0 spiro atoms. The molecule has 0 radical (unpaired) electrons. The predicted molar refractivity (Wildman–Crippen MR) is 68.7 cm³/mol. The molecule has 0 aromatic carbocycles. The first-order valence-electron chi connectivity index (χ1n) is 6.01. The fraction of sp³-hybridized carbons (Fsp3) is 0.417. The van der Waals surface area contributed by atoms with Crippen molar-refractivity contribution in [3.05, 3.63) is 33.7 Å². The lowest BCUT2D eigenvalue weighted by Crippen LogP contribution is -2.59. The van der Waals surface area contributed by atoms with Gasteiger partial charge in [-0.1, -0.05) is 0 Å². The molecule has 1 aliphatic rings. The molecule has 102 valence electrons. The van der Waals surface area contributed by atoms with Crippen LogP contribution < -0.4 is 16.5 Å².